The third-order valence-corrected chi connectivity index (χ3v) is 6.93. The zero-order chi connectivity index (χ0) is 26.3. The molecule has 0 aliphatic rings. The van der Waals surface area contributed by atoms with Crippen LogP contribution in [0.5, 0.6) is 5.75 Å². The molecule has 0 bridgehead atoms. The Kier molecular flexibility index (Phi) is 9.15. The highest BCUT2D eigenvalue weighted by molar-refractivity contribution is 7.92. The zero-order valence-electron chi connectivity index (χ0n) is 21.7. The molecule has 192 valence electrons. The summed E-state index contributed by atoms with van der Waals surface area (Å²) in [4.78, 5) is 12.6. The first-order valence-electron chi connectivity index (χ1n) is 12.2. The molecule has 0 radical (unpaired) electrons. The molecule has 3 aromatic rings. The van der Waals surface area contributed by atoms with Gasteiger partial charge in [-0.3, -0.25) is 9.10 Å². The molecule has 3 aromatic carbocycles. The molecule has 0 aliphatic heterocycles. The van der Waals surface area contributed by atoms with Gasteiger partial charge in [0.25, 0.3) is 5.91 Å². The highest BCUT2D eigenvalue weighted by Gasteiger charge is 2.20. The topological polar surface area (TPSA) is 75.7 Å². The van der Waals surface area contributed by atoms with E-state index in [0.29, 0.717) is 17.8 Å². The van der Waals surface area contributed by atoms with Gasteiger partial charge in [0.1, 0.15) is 5.75 Å². The number of benzene rings is 3. The van der Waals surface area contributed by atoms with Crippen molar-refractivity contribution in [2.75, 3.05) is 17.1 Å². The zero-order valence-corrected chi connectivity index (χ0v) is 22.6. The van der Waals surface area contributed by atoms with Crippen molar-refractivity contribution < 1.29 is 17.9 Å². The fourth-order valence-corrected chi connectivity index (χ4v) is 4.84. The van der Waals surface area contributed by atoms with Crippen LogP contribution in [0.2, 0.25) is 0 Å². The van der Waals surface area contributed by atoms with Crippen molar-refractivity contribution >= 4 is 21.6 Å². The van der Waals surface area contributed by atoms with Crippen LogP contribution in [0.25, 0.3) is 0 Å². The average molecular weight is 509 g/mol. The number of nitrogens with one attached hydrogen (secondary N) is 1. The summed E-state index contributed by atoms with van der Waals surface area (Å²) in [6.45, 7) is 8.61. The maximum absolute atomic E-state index is 12.6. The number of carbonyl (C=O) groups is 1. The number of aryl methyl sites for hydroxylation is 3. The lowest BCUT2D eigenvalue weighted by Crippen LogP contribution is -2.30. The van der Waals surface area contributed by atoms with Gasteiger partial charge in [-0.15, -0.1) is 0 Å². The van der Waals surface area contributed by atoms with Crippen molar-refractivity contribution in [1.82, 2.24) is 5.32 Å². The summed E-state index contributed by atoms with van der Waals surface area (Å²) in [5.41, 5.74) is 5.11. The number of amides is 1. The predicted molar refractivity (Wildman–Crippen MR) is 146 cm³/mol. The van der Waals surface area contributed by atoms with Crippen molar-refractivity contribution in [3.05, 3.63) is 94.5 Å². The monoisotopic (exact) mass is 508 g/mol. The number of hydrogen-bond acceptors (Lipinski definition) is 4. The number of carbonyl (C=O) groups excluding carboxylic acids is 1. The molecule has 0 aromatic heterocycles. The molecule has 0 saturated heterocycles. The Labute approximate surface area is 215 Å². The summed E-state index contributed by atoms with van der Waals surface area (Å²) in [6, 6.07) is 20.9. The van der Waals surface area contributed by atoms with E-state index in [1.807, 2.05) is 58.0 Å². The molecule has 0 spiro atoms. The minimum Gasteiger partial charge on any atom is -0.491 e. The summed E-state index contributed by atoms with van der Waals surface area (Å²) in [6.07, 6.45) is 3.05. The molecular formula is C29H36N2O4S. The molecule has 1 amide bonds. The summed E-state index contributed by atoms with van der Waals surface area (Å²) in [7, 11) is -3.48. The third-order valence-electron chi connectivity index (χ3n) is 5.80. The fraction of sp³-hybridized carbons (Fsp3) is 0.345. The number of anilines is 1. The maximum atomic E-state index is 12.6. The lowest BCUT2D eigenvalue weighted by atomic mass is 10.1. The first-order valence-corrected chi connectivity index (χ1v) is 14.1. The van der Waals surface area contributed by atoms with E-state index in [-0.39, 0.29) is 18.6 Å². The largest absolute Gasteiger partial charge is 0.491 e. The van der Waals surface area contributed by atoms with E-state index in [1.165, 1.54) is 16.1 Å². The van der Waals surface area contributed by atoms with Gasteiger partial charge in [-0.05, 0) is 93.1 Å². The van der Waals surface area contributed by atoms with Crippen LogP contribution in [0.1, 0.15) is 52.9 Å². The summed E-state index contributed by atoms with van der Waals surface area (Å²) >= 11 is 0. The molecule has 3 rings (SSSR count). The van der Waals surface area contributed by atoms with Crippen LogP contribution in [0, 0.1) is 13.8 Å². The van der Waals surface area contributed by atoms with Crippen LogP contribution in [-0.4, -0.2) is 33.2 Å². The van der Waals surface area contributed by atoms with Gasteiger partial charge < -0.3 is 10.1 Å². The number of rotatable bonds is 11. The first kappa shape index (κ1) is 27.3. The maximum Gasteiger partial charge on any atom is 0.251 e. The average Bonchev–Trinajstić information content (AvgIpc) is 2.82. The van der Waals surface area contributed by atoms with Gasteiger partial charge in [-0.1, -0.05) is 36.4 Å². The highest BCUT2D eigenvalue weighted by Crippen LogP contribution is 2.26. The van der Waals surface area contributed by atoms with Crippen molar-refractivity contribution in [1.29, 1.82) is 0 Å². The summed E-state index contributed by atoms with van der Waals surface area (Å²) in [5.74, 6) is 0.718. The van der Waals surface area contributed by atoms with E-state index in [4.69, 9.17) is 4.74 Å². The van der Waals surface area contributed by atoms with Crippen molar-refractivity contribution in [2.24, 2.45) is 0 Å². The molecular weight excluding hydrogens is 472 g/mol. The second-order valence-corrected chi connectivity index (χ2v) is 11.3. The number of sulfonamides is 1. The van der Waals surface area contributed by atoms with E-state index in [9.17, 15) is 13.2 Å². The smallest absolute Gasteiger partial charge is 0.251 e. The van der Waals surface area contributed by atoms with E-state index in [1.54, 1.807) is 24.3 Å². The van der Waals surface area contributed by atoms with Gasteiger partial charge >= 0.3 is 0 Å². The lowest BCUT2D eigenvalue weighted by Gasteiger charge is -2.25. The Hall–Kier alpha value is -3.32. The first-order chi connectivity index (χ1) is 17.0. The number of ether oxygens (including phenoxy) is 1. The van der Waals surface area contributed by atoms with E-state index in [0.717, 1.165) is 35.3 Å². The van der Waals surface area contributed by atoms with E-state index < -0.39 is 10.0 Å². The summed E-state index contributed by atoms with van der Waals surface area (Å²) < 4.78 is 32.2. The van der Waals surface area contributed by atoms with E-state index >= 15 is 0 Å². The molecule has 6 nitrogen and oxygen atoms in total. The molecule has 0 atom stereocenters. The third kappa shape index (κ3) is 7.85. The normalized spacial score (nSPS) is 11.4. The van der Waals surface area contributed by atoms with Gasteiger partial charge in [0.15, 0.2) is 0 Å². The standard InChI is InChI=1S/C29H36N2O4S/c1-21(2)35-27-16-12-24(13-17-27)7-6-18-30-29(32)26-14-10-25(11-15-26)20-31(36(5,33)34)28-19-22(3)8-9-23(28)4/h8-17,19,21H,6-7,18,20H2,1-5H3,(H,30,32). The van der Waals surface area contributed by atoms with Gasteiger partial charge in [0.2, 0.25) is 10.0 Å². The van der Waals surface area contributed by atoms with E-state index in [2.05, 4.69) is 17.4 Å². The van der Waals surface area contributed by atoms with Crippen molar-refractivity contribution in [3.8, 4) is 5.75 Å². The Bertz CT molecular complexity index is 1270. The van der Waals surface area contributed by atoms with Crippen molar-refractivity contribution in [2.45, 2.75) is 53.2 Å². The molecule has 7 heteroatoms. The Balaban J connectivity index is 1.54. The quantitative estimate of drug-likeness (QED) is 0.351. The molecule has 0 saturated carbocycles. The Morgan fingerprint density at radius 3 is 2.19 bits per heavy atom. The van der Waals surface area contributed by atoms with Gasteiger partial charge in [0.05, 0.1) is 24.6 Å². The minimum absolute atomic E-state index is 0.142. The molecule has 0 fully saturated rings. The SMILES string of the molecule is Cc1ccc(C)c(N(Cc2ccc(C(=O)NCCCc3ccc(OC(C)C)cc3)cc2)S(C)(=O)=O)c1. The van der Waals surface area contributed by atoms with Crippen LogP contribution in [0.4, 0.5) is 5.69 Å². The van der Waals surface area contributed by atoms with Crippen LogP contribution < -0.4 is 14.4 Å². The van der Waals surface area contributed by atoms with Crippen molar-refractivity contribution in [3.63, 3.8) is 0 Å². The van der Waals surface area contributed by atoms with Crippen LogP contribution in [-0.2, 0) is 23.0 Å². The molecule has 1 N–H and O–H groups in total. The molecule has 0 heterocycles. The second kappa shape index (κ2) is 12.1. The van der Waals surface area contributed by atoms with Crippen LogP contribution >= 0.6 is 0 Å². The Morgan fingerprint density at radius 1 is 0.944 bits per heavy atom. The Morgan fingerprint density at radius 2 is 1.58 bits per heavy atom. The van der Waals surface area contributed by atoms with Crippen LogP contribution in [0.15, 0.2) is 66.7 Å². The van der Waals surface area contributed by atoms with Gasteiger partial charge in [-0.2, -0.15) is 0 Å². The minimum atomic E-state index is -3.48. The van der Waals surface area contributed by atoms with Gasteiger partial charge in [-0.25, -0.2) is 8.42 Å². The number of hydrogen-bond donors (Lipinski definition) is 1. The summed E-state index contributed by atoms with van der Waals surface area (Å²) in [5, 5.41) is 2.96. The number of nitrogens with zero attached hydrogens (tertiary/aromatic N) is 1. The molecule has 0 unspecified atom stereocenters. The van der Waals surface area contributed by atoms with Gasteiger partial charge in [0, 0.05) is 12.1 Å². The second-order valence-electron chi connectivity index (χ2n) is 9.43. The molecule has 0 aliphatic carbocycles. The highest BCUT2D eigenvalue weighted by atomic mass is 32.2. The molecule has 36 heavy (non-hydrogen) atoms. The van der Waals surface area contributed by atoms with Crippen LogP contribution in [0.3, 0.4) is 0 Å². The lowest BCUT2D eigenvalue weighted by molar-refractivity contribution is 0.0953. The fourth-order valence-electron chi connectivity index (χ4n) is 3.90. The predicted octanol–water partition coefficient (Wildman–Crippen LogP) is 5.42.